The maximum Gasteiger partial charge on any atom is 0.113 e. The zero-order valence-corrected chi connectivity index (χ0v) is 10.8. The molecule has 0 spiro atoms. The first kappa shape index (κ1) is 12.6. The van der Waals surface area contributed by atoms with Gasteiger partial charge in [0.25, 0.3) is 0 Å². The van der Waals surface area contributed by atoms with Crippen molar-refractivity contribution in [2.75, 3.05) is 19.3 Å². The molecule has 0 unspecified atom stereocenters. The topological polar surface area (TPSA) is 55.9 Å². The highest BCUT2D eigenvalue weighted by Crippen LogP contribution is 2.11. The molecule has 18 heavy (non-hydrogen) atoms. The largest absolute Gasteiger partial charge is 0.399 e. The fourth-order valence-corrected chi connectivity index (χ4v) is 2.02. The van der Waals surface area contributed by atoms with E-state index in [1.807, 2.05) is 37.6 Å². The van der Waals surface area contributed by atoms with Gasteiger partial charge in [0.2, 0.25) is 0 Å². The molecular formula is C14H20N4. The van der Waals surface area contributed by atoms with Gasteiger partial charge in [-0.25, -0.2) is 4.98 Å². The molecule has 4 nitrogen and oxygen atoms in total. The number of nitrogens with zero attached hydrogens (tertiary/aromatic N) is 2. The number of imidazole rings is 1. The summed E-state index contributed by atoms with van der Waals surface area (Å²) in [4.78, 5) is 4.42. The van der Waals surface area contributed by atoms with Crippen LogP contribution in [0.5, 0.6) is 0 Å². The normalized spacial score (nSPS) is 10.7. The first-order chi connectivity index (χ1) is 8.79. The Hall–Kier alpha value is -1.81. The minimum absolute atomic E-state index is 0.806. The highest BCUT2D eigenvalue weighted by molar-refractivity contribution is 5.41. The molecule has 0 aliphatic rings. The third-order valence-electron chi connectivity index (χ3n) is 2.94. The predicted octanol–water partition coefficient (Wildman–Crippen LogP) is 1.67. The summed E-state index contributed by atoms with van der Waals surface area (Å²) in [5, 5.41) is 3.16. The van der Waals surface area contributed by atoms with Gasteiger partial charge in [0.1, 0.15) is 5.82 Å². The Kier molecular flexibility index (Phi) is 4.36. The van der Waals surface area contributed by atoms with Gasteiger partial charge in [-0.3, -0.25) is 0 Å². The van der Waals surface area contributed by atoms with Gasteiger partial charge in [0.05, 0.1) is 0 Å². The maximum absolute atomic E-state index is 5.79. The van der Waals surface area contributed by atoms with E-state index in [1.165, 1.54) is 5.56 Å². The average molecular weight is 244 g/mol. The summed E-state index contributed by atoms with van der Waals surface area (Å²) in [6, 6.07) is 7.98. The number of nitrogens with two attached hydrogens (primary N) is 1. The summed E-state index contributed by atoms with van der Waals surface area (Å²) in [7, 11) is 1.97. The van der Waals surface area contributed by atoms with Crippen LogP contribution in [0.25, 0.3) is 0 Å². The van der Waals surface area contributed by atoms with Crippen LogP contribution >= 0.6 is 0 Å². The Balaban J connectivity index is 2.03. The lowest BCUT2D eigenvalue weighted by Crippen LogP contribution is -2.12. The molecule has 0 aliphatic heterocycles. The number of anilines is 1. The molecule has 96 valence electrons. The van der Waals surface area contributed by atoms with E-state index in [1.54, 1.807) is 0 Å². The van der Waals surface area contributed by atoms with Crippen LogP contribution in [0.1, 0.15) is 17.8 Å². The Morgan fingerprint density at radius 2 is 2.28 bits per heavy atom. The van der Waals surface area contributed by atoms with Gasteiger partial charge in [-0.1, -0.05) is 12.1 Å². The number of aryl methyl sites for hydroxylation is 1. The van der Waals surface area contributed by atoms with Crippen molar-refractivity contribution in [1.29, 1.82) is 0 Å². The second-order valence-corrected chi connectivity index (χ2v) is 4.42. The van der Waals surface area contributed by atoms with Crippen LogP contribution in [0.4, 0.5) is 5.69 Å². The minimum atomic E-state index is 0.806. The van der Waals surface area contributed by atoms with Crippen LogP contribution in [0.15, 0.2) is 36.7 Å². The second kappa shape index (κ2) is 6.21. The van der Waals surface area contributed by atoms with Crippen molar-refractivity contribution in [2.24, 2.45) is 0 Å². The fraction of sp³-hybridized carbons (Fsp3) is 0.357. The molecule has 0 atom stereocenters. The Labute approximate surface area is 108 Å². The summed E-state index contributed by atoms with van der Waals surface area (Å²) in [6.45, 7) is 2.02. The van der Waals surface area contributed by atoms with Crippen LogP contribution in [-0.4, -0.2) is 23.1 Å². The second-order valence-electron chi connectivity index (χ2n) is 4.42. The number of rotatable bonds is 6. The third-order valence-corrected chi connectivity index (χ3v) is 2.94. The molecule has 0 aliphatic carbocycles. The molecule has 2 aromatic rings. The van der Waals surface area contributed by atoms with Gasteiger partial charge in [-0.2, -0.15) is 0 Å². The van der Waals surface area contributed by atoms with E-state index in [0.29, 0.717) is 0 Å². The smallest absolute Gasteiger partial charge is 0.113 e. The molecule has 4 heteroatoms. The maximum atomic E-state index is 5.79. The van der Waals surface area contributed by atoms with Crippen LogP contribution in [0, 0.1) is 0 Å². The standard InChI is InChI=1S/C14H20N4/c1-16-6-3-8-18-9-7-17-14(18)11-12-4-2-5-13(15)10-12/h2,4-5,7,9-10,16H,3,6,8,11,15H2,1H3. The molecule has 0 fully saturated rings. The predicted molar refractivity (Wildman–Crippen MR) is 74.4 cm³/mol. The number of hydrogen-bond acceptors (Lipinski definition) is 3. The van der Waals surface area contributed by atoms with Gasteiger partial charge in [-0.05, 0) is 37.7 Å². The number of benzene rings is 1. The van der Waals surface area contributed by atoms with E-state index in [0.717, 1.165) is 37.4 Å². The minimum Gasteiger partial charge on any atom is -0.399 e. The van der Waals surface area contributed by atoms with E-state index in [2.05, 4.69) is 20.9 Å². The van der Waals surface area contributed by atoms with E-state index in [-0.39, 0.29) is 0 Å². The van der Waals surface area contributed by atoms with Gasteiger partial charge >= 0.3 is 0 Å². The molecule has 0 bridgehead atoms. The van der Waals surface area contributed by atoms with E-state index in [4.69, 9.17) is 5.73 Å². The fourth-order valence-electron chi connectivity index (χ4n) is 2.02. The first-order valence-electron chi connectivity index (χ1n) is 6.28. The number of hydrogen-bond donors (Lipinski definition) is 2. The van der Waals surface area contributed by atoms with Gasteiger partial charge in [0.15, 0.2) is 0 Å². The lowest BCUT2D eigenvalue weighted by molar-refractivity contribution is 0.594. The lowest BCUT2D eigenvalue weighted by atomic mass is 10.1. The van der Waals surface area contributed by atoms with Crippen molar-refractivity contribution in [3.05, 3.63) is 48.0 Å². The van der Waals surface area contributed by atoms with Crippen LogP contribution in [-0.2, 0) is 13.0 Å². The lowest BCUT2D eigenvalue weighted by Gasteiger charge is -2.08. The number of aromatic nitrogens is 2. The Morgan fingerprint density at radius 3 is 3.06 bits per heavy atom. The highest BCUT2D eigenvalue weighted by Gasteiger charge is 2.04. The zero-order valence-electron chi connectivity index (χ0n) is 10.8. The number of nitrogen functional groups attached to an aromatic ring is 1. The van der Waals surface area contributed by atoms with E-state index in [9.17, 15) is 0 Å². The van der Waals surface area contributed by atoms with Crippen molar-refractivity contribution in [1.82, 2.24) is 14.9 Å². The molecular weight excluding hydrogens is 224 g/mol. The van der Waals surface area contributed by atoms with Gasteiger partial charge < -0.3 is 15.6 Å². The van der Waals surface area contributed by atoms with Crippen molar-refractivity contribution in [3.8, 4) is 0 Å². The van der Waals surface area contributed by atoms with Crippen molar-refractivity contribution in [3.63, 3.8) is 0 Å². The first-order valence-corrected chi connectivity index (χ1v) is 6.28. The van der Waals surface area contributed by atoms with Crippen molar-refractivity contribution >= 4 is 5.69 Å². The Bertz CT molecular complexity index is 490. The van der Waals surface area contributed by atoms with Crippen molar-refractivity contribution < 1.29 is 0 Å². The Morgan fingerprint density at radius 1 is 1.39 bits per heavy atom. The summed E-state index contributed by atoms with van der Waals surface area (Å²) >= 11 is 0. The molecule has 3 N–H and O–H groups in total. The quantitative estimate of drug-likeness (QED) is 0.600. The molecule has 0 saturated carbocycles. The molecule has 0 amide bonds. The molecule has 0 radical (unpaired) electrons. The van der Waals surface area contributed by atoms with Gasteiger partial charge in [0, 0.05) is 31.0 Å². The molecule has 0 saturated heterocycles. The summed E-state index contributed by atoms with van der Waals surface area (Å²) in [5.41, 5.74) is 7.80. The van der Waals surface area contributed by atoms with Crippen LogP contribution < -0.4 is 11.1 Å². The molecule has 2 rings (SSSR count). The SMILES string of the molecule is CNCCCn1ccnc1Cc1cccc(N)c1. The van der Waals surface area contributed by atoms with Crippen LogP contribution in [0.2, 0.25) is 0 Å². The van der Waals surface area contributed by atoms with E-state index >= 15 is 0 Å². The average Bonchev–Trinajstić information content (AvgIpc) is 2.77. The molecule has 1 heterocycles. The van der Waals surface area contributed by atoms with Crippen molar-refractivity contribution in [2.45, 2.75) is 19.4 Å². The summed E-state index contributed by atoms with van der Waals surface area (Å²) < 4.78 is 2.21. The van der Waals surface area contributed by atoms with Gasteiger partial charge in [-0.15, -0.1) is 0 Å². The molecule has 1 aromatic carbocycles. The highest BCUT2D eigenvalue weighted by atomic mass is 15.1. The summed E-state index contributed by atoms with van der Waals surface area (Å²) in [6.07, 6.45) is 5.84. The van der Waals surface area contributed by atoms with Crippen LogP contribution in [0.3, 0.4) is 0 Å². The monoisotopic (exact) mass is 244 g/mol. The molecule has 1 aromatic heterocycles. The summed E-state index contributed by atoms with van der Waals surface area (Å²) in [5.74, 6) is 1.09. The number of nitrogens with one attached hydrogen (secondary N) is 1. The third kappa shape index (κ3) is 3.34. The van der Waals surface area contributed by atoms with E-state index < -0.39 is 0 Å². The zero-order chi connectivity index (χ0) is 12.8.